The van der Waals surface area contributed by atoms with Gasteiger partial charge in [0.1, 0.15) is 6.54 Å². The summed E-state index contributed by atoms with van der Waals surface area (Å²) in [7, 11) is 0. The molecule has 0 aromatic heterocycles. The summed E-state index contributed by atoms with van der Waals surface area (Å²) in [5.41, 5.74) is 3.60. The Morgan fingerprint density at radius 1 is 1.04 bits per heavy atom. The highest BCUT2D eigenvalue weighted by atomic mass is 16.2. The minimum atomic E-state index is -0.204. The summed E-state index contributed by atoms with van der Waals surface area (Å²) < 4.78 is 0. The van der Waals surface area contributed by atoms with Crippen LogP contribution in [0.3, 0.4) is 0 Å². The van der Waals surface area contributed by atoms with Crippen molar-refractivity contribution in [2.45, 2.75) is 27.2 Å². The molecule has 0 aliphatic rings. The van der Waals surface area contributed by atoms with E-state index in [1.165, 1.54) is 11.8 Å². The predicted octanol–water partition coefficient (Wildman–Crippen LogP) is 3.55. The van der Waals surface area contributed by atoms with Crippen LogP contribution in [-0.2, 0) is 16.0 Å². The summed E-state index contributed by atoms with van der Waals surface area (Å²) in [6.45, 7) is 5.44. The van der Waals surface area contributed by atoms with Gasteiger partial charge in [0.2, 0.25) is 11.8 Å². The number of rotatable bonds is 5. The minimum Gasteiger partial charge on any atom is -0.324 e. The first kappa shape index (κ1) is 16.7. The van der Waals surface area contributed by atoms with Crippen LogP contribution in [0.4, 0.5) is 11.4 Å². The van der Waals surface area contributed by atoms with Crippen LogP contribution in [0.2, 0.25) is 0 Å². The van der Waals surface area contributed by atoms with Crippen molar-refractivity contribution in [2.24, 2.45) is 0 Å². The van der Waals surface area contributed by atoms with Crippen molar-refractivity contribution in [1.82, 2.24) is 0 Å². The molecule has 120 valence electrons. The average molecular weight is 310 g/mol. The van der Waals surface area contributed by atoms with Crippen LogP contribution in [0.25, 0.3) is 0 Å². The van der Waals surface area contributed by atoms with Crippen LogP contribution in [0, 0.1) is 6.92 Å². The molecule has 0 saturated carbocycles. The molecule has 0 saturated heterocycles. The smallest absolute Gasteiger partial charge is 0.244 e. The van der Waals surface area contributed by atoms with Crippen molar-refractivity contribution in [3.05, 3.63) is 59.7 Å². The number of benzene rings is 2. The summed E-state index contributed by atoms with van der Waals surface area (Å²) in [4.78, 5) is 25.8. The van der Waals surface area contributed by atoms with Crippen molar-refractivity contribution >= 4 is 23.2 Å². The molecule has 0 unspecified atom stereocenters. The molecule has 0 aliphatic heterocycles. The Morgan fingerprint density at radius 2 is 1.70 bits per heavy atom. The van der Waals surface area contributed by atoms with Gasteiger partial charge in [-0.3, -0.25) is 9.59 Å². The second kappa shape index (κ2) is 7.58. The fourth-order valence-electron chi connectivity index (χ4n) is 2.52. The van der Waals surface area contributed by atoms with Gasteiger partial charge in [0.15, 0.2) is 0 Å². The molecule has 0 fully saturated rings. The molecule has 4 nitrogen and oxygen atoms in total. The lowest BCUT2D eigenvalue weighted by atomic mass is 10.1. The first-order valence-corrected chi connectivity index (χ1v) is 7.74. The highest BCUT2D eigenvalue weighted by Crippen LogP contribution is 2.20. The van der Waals surface area contributed by atoms with E-state index in [1.807, 2.05) is 62.4 Å². The lowest BCUT2D eigenvalue weighted by molar-refractivity contribution is -0.120. The van der Waals surface area contributed by atoms with Gasteiger partial charge in [-0.2, -0.15) is 0 Å². The Morgan fingerprint density at radius 3 is 2.35 bits per heavy atom. The maximum atomic E-state index is 12.4. The standard InChI is InChI=1S/C19H22N2O2/c1-4-16-10-6-7-11-17(16)20-19(23)13-21(15(3)22)18-12-8-5-9-14(18)2/h5-12H,4,13H2,1-3H3,(H,20,23). The van der Waals surface area contributed by atoms with Crippen LogP contribution in [0.1, 0.15) is 25.0 Å². The van der Waals surface area contributed by atoms with Gasteiger partial charge in [-0.15, -0.1) is 0 Å². The van der Waals surface area contributed by atoms with E-state index in [0.717, 1.165) is 28.9 Å². The molecule has 2 amide bonds. The van der Waals surface area contributed by atoms with Gasteiger partial charge in [-0.05, 0) is 36.6 Å². The number of nitrogens with zero attached hydrogens (tertiary/aromatic N) is 1. The topological polar surface area (TPSA) is 49.4 Å². The Hall–Kier alpha value is -2.62. The molecule has 0 spiro atoms. The molecule has 2 rings (SSSR count). The summed E-state index contributed by atoms with van der Waals surface area (Å²) >= 11 is 0. The maximum absolute atomic E-state index is 12.4. The van der Waals surface area contributed by atoms with Gasteiger partial charge in [-0.1, -0.05) is 43.3 Å². The first-order chi connectivity index (χ1) is 11.0. The fraction of sp³-hybridized carbons (Fsp3) is 0.263. The van der Waals surface area contributed by atoms with E-state index >= 15 is 0 Å². The zero-order chi connectivity index (χ0) is 16.8. The fourth-order valence-corrected chi connectivity index (χ4v) is 2.52. The zero-order valence-corrected chi connectivity index (χ0v) is 13.8. The van der Waals surface area contributed by atoms with E-state index in [9.17, 15) is 9.59 Å². The SMILES string of the molecule is CCc1ccccc1NC(=O)CN(C(C)=O)c1ccccc1C. The second-order valence-electron chi connectivity index (χ2n) is 5.45. The van der Waals surface area contributed by atoms with Gasteiger partial charge in [-0.25, -0.2) is 0 Å². The highest BCUT2D eigenvalue weighted by molar-refractivity contribution is 6.02. The van der Waals surface area contributed by atoms with Gasteiger partial charge < -0.3 is 10.2 Å². The Balaban J connectivity index is 2.16. The molecule has 4 heteroatoms. The normalized spacial score (nSPS) is 10.2. The number of carbonyl (C=O) groups is 2. The van der Waals surface area contributed by atoms with Crippen molar-refractivity contribution in [2.75, 3.05) is 16.8 Å². The molecular weight excluding hydrogens is 288 g/mol. The van der Waals surface area contributed by atoms with Crippen molar-refractivity contribution in [1.29, 1.82) is 0 Å². The molecule has 2 aromatic carbocycles. The molecule has 0 radical (unpaired) electrons. The van der Waals surface area contributed by atoms with Crippen LogP contribution in [0.5, 0.6) is 0 Å². The Bertz CT molecular complexity index is 710. The number of para-hydroxylation sites is 2. The number of aryl methyl sites for hydroxylation is 2. The average Bonchev–Trinajstić information content (AvgIpc) is 2.53. The molecule has 1 N–H and O–H groups in total. The molecule has 0 bridgehead atoms. The number of anilines is 2. The third kappa shape index (κ3) is 4.19. The summed E-state index contributed by atoms with van der Waals surface area (Å²) in [6.07, 6.45) is 0.838. The van der Waals surface area contributed by atoms with Crippen molar-refractivity contribution in [3.8, 4) is 0 Å². The van der Waals surface area contributed by atoms with Crippen LogP contribution in [0.15, 0.2) is 48.5 Å². The number of amides is 2. The lowest BCUT2D eigenvalue weighted by Crippen LogP contribution is -2.37. The predicted molar refractivity (Wildman–Crippen MR) is 93.7 cm³/mol. The van der Waals surface area contributed by atoms with Crippen LogP contribution >= 0.6 is 0 Å². The third-order valence-electron chi connectivity index (χ3n) is 3.76. The molecule has 2 aromatic rings. The molecule has 0 aliphatic carbocycles. The lowest BCUT2D eigenvalue weighted by Gasteiger charge is -2.22. The highest BCUT2D eigenvalue weighted by Gasteiger charge is 2.17. The molecule has 23 heavy (non-hydrogen) atoms. The molecule has 0 atom stereocenters. The summed E-state index contributed by atoms with van der Waals surface area (Å²) in [5.74, 6) is -0.359. The molecule has 0 heterocycles. The van der Waals surface area contributed by atoms with E-state index in [2.05, 4.69) is 5.32 Å². The van der Waals surface area contributed by atoms with E-state index in [4.69, 9.17) is 0 Å². The summed E-state index contributed by atoms with van der Waals surface area (Å²) in [6, 6.07) is 15.3. The summed E-state index contributed by atoms with van der Waals surface area (Å²) in [5, 5.41) is 2.90. The van der Waals surface area contributed by atoms with Crippen LogP contribution in [-0.4, -0.2) is 18.4 Å². The van der Waals surface area contributed by atoms with Gasteiger partial charge in [0.05, 0.1) is 0 Å². The van der Waals surface area contributed by atoms with E-state index in [1.54, 1.807) is 0 Å². The van der Waals surface area contributed by atoms with Crippen molar-refractivity contribution in [3.63, 3.8) is 0 Å². The quantitative estimate of drug-likeness (QED) is 0.918. The van der Waals surface area contributed by atoms with Crippen LogP contribution < -0.4 is 10.2 Å². The van der Waals surface area contributed by atoms with E-state index < -0.39 is 0 Å². The van der Waals surface area contributed by atoms with Gasteiger partial charge >= 0.3 is 0 Å². The molecular formula is C19H22N2O2. The third-order valence-corrected chi connectivity index (χ3v) is 3.76. The number of carbonyl (C=O) groups excluding carboxylic acids is 2. The second-order valence-corrected chi connectivity index (χ2v) is 5.45. The number of nitrogens with one attached hydrogen (secondary N) is 1. The number of hydrogen-bond donors (Lipinski definition) is 1. The van der Waals surface area contributed by atoms with E-state index in [-0.39, 0.29) is 18.4 Å². The van der Waals surface area contributed by atoms with E-state index in [0.29, 0.717) is 0 Å². The maximum Gasteiger partial charge on any atom is 0.244 e. The number of hydrogen-bond acceptors (Lipinski definition) is 2. The Kier molecular flexibility index (Phi) is 5.52. The zero-order valence-electron chi connectivity index (χ0n) is 13.8. The van der Waals surface area contributed by atoms with Gasteiger partial charge in [0.25, 0.3) is 0 Å². The first-order valence-electron chi connectivity index (χ1n) is 7.74. The largest absolute Gasteiger partial charge is 0.324 e. The van der Waals surface area contributed by atoms with Crippen molar-refractivity contribution < 1.29 is 9.59 Å². The van der Waals surface area contributed by atoms with Gasteiger partial charge in [0, 0.05) is 18.3 Å². The Labute approximate surface area is 137 Å². The monoisotopic (exact) mass is 310 g/mol. The minimum absolute atomic E-state index is 0.00175.